The van der Waals surface area contributed by atoms with Gasteiger partial charge in [-0.3, -0.25) is 14.6 Å². The third-order valence-electron chi connectivity index (χ3n) is 17.1. The average Bonchev–Trinajstić information content (AvgIpc) is 4.11. The lowest BCUT2D eigenvalue weighted by atomic mass is 9.68. The van der Waals surface area contributed by atoms with Crippen LogP contribution in [0.4, 0.5) is 0 Å². The standard InChI is InChI=1S/C52H74N4O6S2/c1-35(57)61-42-21-18-38-29-39(47(60)48-43(38)22-19-37-15-11-17-45(37)62-48)33-56-34-51(31-46(56)59)40(20-23-44(51)36-13-5-4-6-14-36)32-54-49(53)55-52(27-12-26-50(52)24-8-9-25-50)64-63-28-10-3-2-7-16-41(58)30-42/h4-6,13-14,29,37,40-42,44-45,58,60H,2-3,7-12,15-28,30-34H2,1H3,(H3,53,54,55)/t37-,40+,41-,42+,44+,45-,51-,52+/m0/s1. The Morgan fingerprint density at radius 2 is 1.73 bits per heavy atom. The van der Waals surface area contributed by atoms with E-state index in [1.807, 2.05) is 26.5 Å². The normalized spacial score (nSPS) is 34.0. The zero-order chi connectivity index (χ0) is 44.3. The molecule has 3 aliphatic heterocycles. The van der Waals surface area contributed by atoms with Crippen LogP contribution < -0.4 is 15.8 Å². The summed E-state index contributed by atoms with van der Waals surface area (Å²) >= 11 is 0. The molecular formula is C52H74N4O6S2. The lowest BCUT2D eigenvalue weighted by Crippen LogP contribution is -2.55. The Morgan fingerprint density at radius 1 is 0.922 bits per heavy atom. The number of ether oxygens (including phenoxy) is 2. The first-order valence-corrected chi connectivity index (χ1v) is 27.5. The summed E-state index contributed by atoms with van der Waals surface area (Å²) in [5.41, 5.74) is 11.0. The van der Waals surface area contributed by atoms with E-state index < -0.39 is 12.2 Å². The summed E-state index contributed by atoms with van der Waals surface area (Å²) in [6.07, 6.45) is 21.6. The number of nitrogens with zero attached hydrogens (tertiary/aromatic N) is 2. The molecule has 12 heteroatoms. The zero-order valence-electron chi connectivity index (χ0n) is 38.3. The van der Waals surface area contributed by atoms with E-state index in [-0.39, 0.29) is 57.8 Å². The summed E-state index contributed by atoms with van der Waals surface area (Å²) in [6, 6.07) is 12.9. The first-order valence-electron chi connectivity index (χ1n) is 25.2. The number of nitrogens with two attached hydrogens (primary N) is 1. The van der Waals surface area contributed by atoms with Gasteiger partial charge < -0.3 is 35.6 Å². The number of guanidine groups is 1. The molecule has 4 bridgehead atoms. The van der Waals surface area contributed by atoms with Crippen molar-refractivity contribution in [3.8, 4) is 11.5 Å². The van der Waals surface area contributed by atoms with E-state index in [9.17, 15) is 19.8 Å². The summed E-state index contributed by atoms with van der Waals surface area (Å²) in [5.74, 6) is 2.95. The molecule has 5 fully saturated rings. The van der Waals surface area contributed by atoms with E-state index in [1.165, 1.54) is 51.0 Å². The number of aliphatic hydroxyl groups excluding tert-OH is 1. The van der Waals surface area contributed by atoms with E-state index in [0.29, 0.717) is 68.4 Å². The maximum Gasteiger partial charge on any atom is 0.302 e. The Hall–Kier alpha value is -3.09. The second-order valence-electron chi connectivity index (χ2n) is 20.9. The van der Waals surface area contributed by atoms with Crippen molar-refractivity contribution >= 4 is 39.4 Å². The minimum absolute atomic E-state index is 0.0721. The van der Waals surface area contributed by atoms with Gasteiger partial charge in [0.25, 0.3) is 0 Å². The van der Waals surface area contributed by atoms with Crippen LogP contribution in [0, 0.1) is 22.7 Å². The number of esters is 1. The van der Waals surface area contributed by atoms with Gasteiger partial charge in [-0.05, 0) is 138 Å². The molecule has 0 radical (unpaired) electrons. The van der Waals surface area contributed by atoms with E-state index in [4.69, 9.17) is 20.2 Å². The highest BCUT2D eigenvalue weighted by molar-refractivity contribution is 8.77. The van der Waals surface area contributed by atoms with E-state index in [1.54, 1.807) is 0 Å². The van der Waals surface area contributed by atoms with Gasteiger partial charge in [-0.15, -0.1) is 0 Å². The maximum atomic E-state index is 14.6. The highest BCUT2D eigenvalue weighted by Crippen LogP contribution is 2.63. The predicted octanol–water partition coefficient (Wildman–Crippen LogP) is 10.1. The van der Waals surface area contributed by atoms with E-state index in [0.717, 1.165) is 93.9 Å². The number of nitrogens with one attached hydrogen (secondary N) is 1. The molecule has 3 spiro atoms. The van der Waals surface area contributed by atoms with Crippen molar-refractivity contribution in [1.29, 1.82) is 0 Å². The van der Waals surface area contributed by atoms with Gasteiger partial charge in [0.15, 0.2) is 17.5 Å². The minimum atomic E-state index is -0.557. The molecule has 64 heavy (non-hydrogen) atoms. The van der Waals surface area contributed by atoms with Crippen LogP contribution in [-0.2, 0) is 33.7 Å². The van der Waals surface area contributed by atoms with Crippen molar-refractivity contribution in [2.45, 2.75) is 190 Å². The van der Waals surface area contributed by atoms with Gasteiger partial charge in [-0.1, -0.05) is 84.0 Å². The predicted molar refractivity (Wildman–Crippen MR) is 257 cm³/mol. The quantitative estimate of drug-likeness (QED) is 0.170. The Labute approximate surface area is 389 Å². The third kappa shape index (κ3) is 9.54. The molecule has 9 rings (SSSR count). The molecular weight excluding hydrogens is 841 g/mol. The van der Waals surface area contributed by atoms with Gasteiger partial charge in [0, 0.05) is 67.1 Å². The van der Waals surface area contributed by atoms with Crippen LogP contribution in [0.15, 0.2) is 41.4 Å². The minimum Gasteiger partial charge on any atom is -0.504 e. The van der Waals surface area contributed by atoms with Gasteiger partial charge in [-0.25, -0.2) is 0 Å². The molecule has 8 atom stereocenters. The first kappa shape index (κ1) is 46.0. The van der Waals surface area contributed by atoms with Crippen LogP contribution in [-0.4, -0.2) is 75.0 Å². The summed E-state index contributed by atoms with van der Waals surface area (Å²) in [4.78, 5) is 34.1. The SMILES string of the molecule is CC(=O)O[C@@H]1CCc2cc(c(O)c3c2CC[C@@H]2CCC[C@@H]2O3)CN2C[C@@]3(CC2=O)[C@H](CC[C@@H]3c2ccccc2)CN=C(N)N[C@]2(CCCC23CCCC3)SSCCCCCC[C@H](O)C1. The van der Waals surface area contributed by atoms with Gasteiger partial charge in [0.05, 0.1) is 6.10 Å². The summed E-state index contributed by atoms with van der Waals surface area (Å²) < 4.78 is 12.7. The number of phenolic OH excluding ortho intramolecular Hbond substituents is 1. The summed E-state index contributed by atoms with van der Waals surface area (Å²) in [6.45, 7) is 2.90. The van der Waals surface area contributed by atoms with Crippen LogP contribution >= 0.6 is 21.6 Å². The molecule has 1 amide bonds. The van der Waals surface area contributed by atoms with Crippen LogP contribution in [0.2, 0.25) is 0 Å². The second-order valence-corrected chi connectivity index (χ2v) is 23.6. The van der Waals surface area contributed by atoms with Gasteiger partial charge >= 0.3 is 5.97 Å². The molecule has 5 N–H and O–H groups in total. The number of carbonyl (C=O) groups excluding carboxylic acids is 2. The van der Waals surface area contributed by atoms with Crippen molar-refractivity contribution in [2.75, 3.05) is 18.8 Å². The van der Waals surface area contributed by atoms with Crippen molar-refractivity contribution in [1.82, 2.24) is 10.2 Å². The van der Waals surface area contributed by atoms with Crippen LogP contribution in [0.5, 0.6) is 11.5 Å². The number of carbonyl (C=O) groups is 2. The van der Waals surface area contributed by atoms with Gasteiger partial charge in [-0.2, -0.15) is 0 Å². The molecule has 2 aromatic rings. The maximum absolute atomic E-state index is 14.6. The van der Waals surface area contributed by atoms with Crippen LogP contribution in [0.25, 0.3) is 0 Å². The largest absolute Gasteiger partial charge is 0.504 e. The van der Waals surface area contributed by atoms with Gasteiger partial charge in [0.1, 0.15) is 17.1 Å². The third-order valence-corrected chi connectivity index (χ3v) is 20.4. The number of phenols is 1. The smallest absolute Gasteiger partial charge is 0.302 e. The van der Waals surface area contributed by atoms with E-state index >= 15 is 0 Å². The molecule has 4 saturated carbocycles. The Morgan fingerprint density at radius 3 is 2.56 bits per heavy atom. The molecule has 350 valence electrons. The molecule has 7 aliphatic rings. The van der Waals surface area contributed by atoms with Crippen molar-refractivity contribution in [3.05, 3.63) is 58.7 Å². The Kier molecular flexibility index (Phi) is 14.4. The lowest BCUT2D eigenvalue weighted by Gasteiger charge is -2.44. The molecule has 1 saturated heterocycles. The molecule has 2 aromatic carbocycles. The number of benzene rings is 2. The molecule has 0 aromatic heterocycles. The fourth-order valence-corrected chi connectivity index (χ4v) is 17.4. The van der Waals surface area contributed by atoms with Crippen LogP contribution in [0.1, 0.15) is 170 Å². The number of fused-ring (bicyclic) bond motifs is 7. The molecule has 10 nitrogen and oxygen atoms in total. The van der Waals surface area contributed by atoms with E-state index in [2.05, 4.69) is 41.7 Å². The second kappa shape index (κ2) is 20.0. The number of aryl methyl sites for hydroxylation is 1. The Balaban J connectivity index is 1.05. The summed E-state index contributed by atoms with van der Waals surface area (Å²) in [7, 11) is 4.01. The number of hydrogen-bond donors (Lipinski definition) is 4. The van der Waals surface area contributed by atoms with Gasteiger partial charge in [0.2, 0.25) is 5.91 Å². The average molecular weight is 915 g/mol. The highest BCUT2D eigenvalue weighted by Gasteiger charge is 2.58. The fourth-order valence-electron chi connectivity index (χ4n) is 13.8. The lowest BCUT2D eigenvalue weighted by molar-refractivity contribution is -0.148. The first-order chi connectivity index (χ1) is 31.1. The Bertz CT molecular complexity index is 1990. The highest BCUT2D eigenvalue weighted by atomic mass is 33.1. The topological polar surface area (TPSA) is 147 Å². The number of amides is 1. The fraction of sp³-hybridized carbons (Fsp3) is 0.712. The number of aliphatic hydroxyl groups is 1. The number of hydrogen-bond acceptors (Lipinski definition) is 11. The molecule has 0 unspecified atom stereocenters. The number of aromatic hydroxyl groups is 1. The monoisotopic (exact) mass is 915 g/mol. The van der Waals surface area contributed by atoms with Crippen molar-refractivity contribution in [2.24, 2.45) is 33.4 Å². The van der Waals surface area contributed by atoms with Crippen molar-refractivity contribution < 1.29 is 29.3 Å². The molecule has 4 aliphatic carbocycles. The number of rotatable bonds is 2. The summed E-state index contributed by atoms with van der Waals surface area (Å²) in [5, 5.41) is 27.4. The van der Waals surface area contributed by atoms with Crippen LogP contribution in [0.3, 0.4) is 0 Å². The number of aliphatic imine (C=N–C) groups is 1. The van der Waals surface area contributed by atoms with Crippen molar-refractivity contribution in [3.63, 3.8) is 0 Å². The molecule has 3 heterocycles. The zero-order valence-corrected chi connectivity index (χ0v) is 40.0.